The number of fused-ring (bicyclic) bond motifs is 3. The van der Waals surface area contributed by atoms with Crippen molar-refractivity contribution < 1.29 is 4.74 Å². The van der Waals surface area contributed by atoms with E-state index >= 15 is 0 Å². The average Bonchev–Trinajstić information content (AvgIpc) is 3.59. The summed E-state index contributed by atoms with van der Waals surface area (Å²) < 4.78 is 11.3. The molecule has 0 amide bonds. The summed E-state index contributed by atoms with van der Waals surface area (Å²) in [5, 5.41) is 7.61. The van der Waals surface area contributed by atoms with Crippen LogP contribution in [0.25, 0.3) is 33.3 Å². The first-order chi connectivity index (χ1) is 24.1. The van der Waals surface area contributed by atoms with Crippen LogP contribution in [0.5, 0.6) is 11.5 Å². The molecule has 0 aliphatic heterocycles. The predicted octanol–water partition coefficient (Wildman–Crippen LogP) is 12.3. The first-order valence-corrected chi connectivity index (χ1v) is 18.7. The Labute approximate surface area is 298 Å². The molecule has 0 saturated carbocycles. The fraction of sp³-hybridized carbons (Fsp3) is 0.378. The number of allylic oxidation sites excluding steroid dienone is 2. The van der Waals surface area contributed by atoms with Crippen molar-refractivity contribution in [3.05, 3.63) is 119 Å². The van der Waals surface area contributed by atoms with Gasteiger partial charge in [-0.2, -0.15) is 5.10 Å². The van der Waals surface area contributed by atoms with E-state index in [9.17, 15) is 0 Å². The highest BCUT2D eigenvalue weighted by Gasteiger charge is 2.32. The fourth-order valence-corrected chi connectivity index (χ4v) is 8.28. The summed E-state index contributed by atoms with van der Waals surface area (Å²) in [6.45, 7) is 18.1. The van der Waals surface area contributed by atoms with Crippen molar-refractivity contribution in [3.8, 4) is 23.0 Å². The van der Waals surface area contributed by atoms with E-state index in [-0.39, 0.29) is 5.41 Å². The van der Waals surface area contributed by atoms with Gasteiger partial charge in [-0.25, -0.2) is 9.67 Å². The van der Waals surface area contributed by atoms with Crippen molar-refractivity contribution in [2.24, 2.45) is 5.92 Å². The molecule has 7 rings (SSSR count). The molecule has 50 heavy (non-hydrogen) atoms. The zero-order valence-corrected chi connectivity index (χ0v) is 31.2. The average molecular weight is 665 g/mol. The van der Waals surface area contributed by atoms with Gasteiger partial charge in [0, 0.05) is 46.3 Å². The molecule has 3 aromatic heterocycles. The molecule has 0 fully saturated rings. The number of para-hydroxylation sites is 1. The Morgan fingerprint density at radius 2 is 1.66 bits per heavy atom. The van der Waals surface area contributed by atoms with E-state index in [0.717, 1.165) is 59.0 Å². The van der Waals surface area contributed by atoms with E-state index in [1.54, 1.807) is 5.57 Å². The number of hydrogen-bond donors (Lipinski definition) is 0. The van der Waals surface area contributed by atoms with Gasteiger partial charge in [-0.05, 0) is 104 Å². The third-order valence-corrected chi connectivity index (χ3v) is 10.9. The zero-order chi connectivity index (χ0) is 35.2. The molecule has 0 spiro atoms. The Morgan fingerprint density at radius 3 is 2.42 bits per heavy atom. The lowest BCUT2D eigenvalue weighted by Crippen LogP contribution is -2.19. The molecule has 2 atom stereocenters. The van der Waals surface area contributed by atoms with Gasteiger partial charge in [-0.3, -0.25) is 4.57 Å². The molecule has 1 aliphatic rings. The normalized spacial score (nSPS) is 16.7. The maximum Gasteiger partial charge on any atom is 0.137 e. The predicted molar refractivity (Wildman–Crippen MR) is 209 cm³/mol. The first-order valence-electron chi connectivity index (χ1n) is 18.7. The molecule has 3 heterocycles. The van der Waals surface area contributed by atoms with E-state index in [1.165, 1.54) is 52.4 Å². The number of aromatic nitrogens is 4. The van der Waals surface area contributed by atoms with Crippen LogP contribution in [0.1, 0.15) is 108 Å². The minimum atomic E-state index is -0.0760. The van der Waals surface area contributed by atoms with Crippen molar-refractivity contribution in [3.63, 3.8) is 0 Å². The van der Waals surface area contributed by atoms with Gasteiger partial charge in [-0.15, -0.1) is 0 Å². The Kier molecular flexibility index (Phi) is 9.19. The number of ether oxygens (including phenoxy) is 1. The molecule has 0 saturated heterocycles. The third kappa shape index (κ3) is 6.16. The number of hydrogen-bond acceptors (Lipinski definition) is 3. The largest absolute Gasteiger partial charge is 0.457 e. The third-order valence-electron chi connectivity index (χ3n) is 10.9. The van der Waals surface area contributed by atoms with Crippen LogP contribution < -0.4 is 4.74 Å². The van der Waals surface area contributed by atoms with Crippen LogP contribution in [0, 0.1) is 19.8 Å². The standard InChI is InChI=1S/C45H52N4O/c1-9-15-31-22-23-46-42(24-31)48-40-19-13-12-18-38(40)39-21-20-36(28-41(39)48)50-37-26-34(45(6,7)8)25-35(27-37)49-30(5)43(29(4)47-49)44-32(10-2)16-14-17-33(44)11-3/h12-13,16,18-28,33,44H,9-11,14-15,17H2,1-8H3/t33-,44-/m0/s1. The smallest absolute Gasteiger partial charge is 0.137 e. The van der Waals surface area contributed by atoms with Crippen molar-refractivity contribution in [2.45, 2.75) is 105 Å². The topological polar surface area (TPSA) is 44.9 Å². The van der Waals surface area contributed by atoms with Crippen LogP contribution in [0.4, 0.5) is 0 Å². The fourth-order valence-electron chi connectivity index (χ4n) is 8.28. The molecule has 0 bridgehead atoms. The van der Waals surface area contributed by atoms with Gasteiger partial charge in [-0.1, -0.05) is 84.2 Å². The summed E-state index contributed by atoms with van der Waals surface area (Å²) in [5.41, 5.74) is 11.0. The van der Waals surface area contributed by atoms with Gasteiger partial charge in [0.05, 0.1) is 22.4 Å². The molecule has 0 N–H and O–H groups in total. The van der Waals surface area contributed by atoms with Crippen LogP contribution >= 0.6 is 0 Å². The molecule has 258 valence electrons. The van der Waals surface area contributed by atoms with Gasteiger partial charge in [0.1, 0.15) is 17.3 Å². The molecule has 5 nitrogen and oxygen atoms in total. The summed E-state index contributed by atoms with van der Waals surface area (Å²) in [6.07, 6.45) is 11.3. The molecule has 5 heteroatoms. The monoisotopic (exact) mass is 664 g/mol. The Hall–Kier alpha value is -4.64. The lowest BCUT2D eigenvalue weighted by Gasteiger charge is -2.32. The lowest BCUT2D eigenvalue weighted by molar-refractivity contribution is 0.393. The van der Waals surface area contributed by atoms with Crippen LogP contribution in [0.3, 0.4) is 0 Å². The second-order valence-electron chi connectivity index (χ2n) is 15.2. The van der Waals surface area contributed by atoms with Crippen LogP contribution in [-0.2, 0) is 11.8 Å². The Morgan fingerprint density at radius 1 is 0.860 bits per heavy atom. The van der Waals surface area contributed by atoms with Crippen LogP contribution in [0.2, 0.25) is 0 Å². The van der Waals surface area contributed by atoms with Crippen molar-refractivity contribution in [1.29, 1.82) is 0 Å². The summed E-state index contributed by atoms with van der Waals surface area (Å²) in [6, 6.07) is 26.0. The second kappa shape index (κ2) is 13.6. The summed E-state index contributed by atoms with van der Waals surface area (Å²) in [4.78, 5) is 4.84. The minimum absolute atomic E-state index is 0.0760. The number of nitrogens with zero attached hydrogens (tertiary/aromatic N) is 4. The van der Waals surface area contributed by atoms with E-state index in [2.05, 4.69) is 144 Å². The van der Waals surface area contributed by atoms with Crippen molar-refractivity contribution >= 4 is 21.8 Å². The maximum absolute atomic E-state index is 6.81. The molecule has 6 aromatic rings. The summed E-state index contributed by atoms with van der Waals surface area (Å²) in [5.74, 6) is 3.62. The Bertz CT molecular complexity index is 2210. The van der Waals surface area contributed by atoms with Crippen LogP contribution in [-0.4, -0.2) is 19.3 Å². The number of benzene rings is 3. The number of aryl methyl sites for hydroxylation is 2. The Balaban J connectivity index is 1.33. The second-order valence-corrected chi connectivity index (χ2v) is 15.2. The van der Waals surface area contributed by atoms with E-state index in [4.69, 9.17) is 14.8 Å². The quantitative estimate of drug-likeness (QED) is 0.145. The van der Waals surface area contributed by atoms with Gasteiger partial charge in [0.15, 0.2) is 0 Å². The van der Waals surface area contributed by atoms with Crippen LogP contribution in [0.15, 0.2) is 90.6 Å². The van der Waals surface area contributed by atoms with Gasteiger partial charge < -0.3 is 4.74 Å². The minimum Gasteiger partial charge on any atom is -0.457 e. The lowest BCUT2D eigenvalue weighted by atomic mass is 9.72. The van der Waals surface area contributed by atoms with Crippen molar-refractivity contribution in [2.75, 3.05) is 0 Å². The van der Waals surface area contributed by atoms with E-state index in [1.807, 2.05) is 6.20 Å². The van der Waals surface area contributed by atoms with Gasteiger partial charge in [0.25, 0.3) is 0 Å². The molecule has 0 radical (unpaired) electrons. The summed E-state index contributed by atoms with van der Waals surface area (Å²) in [7, 11) is 0. The molecule has 3 aromatic carbocycles. The molecule has 1 aliphatic carbocycles. The molecule has 0 unspecified atom stereocenters. The number of pyridine rings is 1. The SMILES string of the molecule is CCCc1ccnc(-n2c3ccccc3c3ccc(Oc4cc(-n5nc(C)c([C@H]6C(CC)=CCC[C@@H]6CC)c5C)cc(C(C)(C)C)c4)cc32)c1. The highest BCUT2D eigenvalue weighted by Crippen LogP contribution is 2.45. The molecular weight excluding hydrogens is 613 g/mol. The maximum atomic E-state index is 6.81. The van der Waals surface area contributed by atoms with Gasteiger partial charge in [0.2, 0.25) is 0 Å². The van der Waals surface area contributed by atoms with E-state index in [0.29, 0.717) is 11.8 Å². The highest BCUT2D eigenvalue weighted by atomic mass is 16.5. The van der Waals surface area contributed by atoms with Crippen molar-refractivity contribution in [1.82, 2.24) is 19.3 Å². The number of rotatable bonds is 9. The highest BCUT2D eigenvalue weighted by molar-refractivity contribution is 6.09. The van der Waals surface area contributed by atoms with E-state index < -0.39 is 0 Å². The zero-order valence-electron chi connectivity index (χ0n) is 31.2. The first kappa shape index (κ1) is 33.8. The summed E-state index contributed by atoms with van der Waals surface area (Å²) >= 11 is 0. The van der Waals surface area contributed by atoms with Gasteiger partial charge >= 0.3 is 0 Å². The molecular formula is C45H52N4O.